The van der Waals surface area contributed by atoms with Crippen LogP contribution in [0.1, 0.15) is 43.5 Å². The monoisotopic (exact) mass is 385 g/mol. The summed E-state index contributed by atoms with van der Waals surface area (Å²) in [5, 5.41) is 9.53. The molecule has 2 amide bonds. The second-order valence-corrected chi connectivity index (χ2v) is 8.20. The number of hydrogen-bond donors (Lipinski definition) is 3. The Labute approximate surface area is 167 Å². The number of benzene rings is 1. The average molecular weight is 386 g/mol. The summed E-state index contributed by atoms with van der Waals surface area (Å²) in [6.07, 6.45) is 6.26. The van der Waals surface area contributed by atoms with E-state index in [4.69, 9.17) is 4.74 Å². The van der Waals surface area contributed by atoms with Crippen molar-refractivity contribution in [3.8, 4) is 5.75 Å². The lowest BCUT2D eigenvalue weighted by atomic mass is 9.82. The highest BCUT2D eigenvalue weighted by Gasteiger charge is 2.40. The fourth-order valence-corrected chi connectivity index (χ4v) is 3.91. The van der Waals surface area contributed by atoms with Gasteiger partial charge in [-0.15, -0.1) is 0 Å². The van der Waals surface area contributed by atoms with Crippen molar-refractivity contribution in [1.82, 2.24) is 16.0 Å². The molecule has 1 aromatic carbocycles. The number of nitrogens with one attached hydrogen (secondary N) is 3. The minimum Gasteiger partial charge on any atom is -0.489 e. The van der Waals surface area contributed by atoms with E-state index in [0.717, 1.165) is 19.4 Å². The summed E-state index contributed by atoms with van der Waals surface area (Å²) < 4.78 is 5.81. The van der Waals surface area contributed by atoms with Crippen LogP contribution in [0.15, 0.2) is 36.4 Å². The number of hydrogen-bond acceptors (Lipinski definition) is 4. The molecule has 2 aliphatic heterocycles. The lowest BCUT2D eigenvalue weighted by molar-refractivity contribution is -0.130. The maximum absolute atomic E-state index is 13.2. The summed E-state index contributed by atoms with van der Waals surface area (Å²) in [7, 11) is 0. The molecule has 2 heterocycles. The zero-order valence-electron chi connectivity index (χ0n) is 16.8. The smallest absolute Gasteiger partial charge is 0.255 e. The molecule has 0 aliphatic carbocycles. The van der Waals surface area contributed by atoms with Crippen LogP contribution in [0.5, 0.6) is 5.75 Å². The Kier molecular flexibility index (Phi) is 6.73. The van der Waals surface area contributed by atoms with Gasteiger partial charge in [0.25, 0.3) is 5.91 Å². The molecule has 1 fully saturated rings. The van der Waals surface area contributed by atoms with Gasteiger partial charge in [-0.1, -0.05) is 38.1 Å². The van der Waals surface area contributed by atoms with Crippen molar-refractivity contribution in [2.75, 3.05) is 26.2 Å². The van der Waals surface area contributed by atoms with Crippen LogP contribution in [0.25, 0.3) is 0 Å². The van der Waals surface area contributed by atoms with Crippen LogP contribution in [0.4, 0.5) is 0 Å². The lowest BCUT2D eigenvalue weighted by Gasteiger charge is -2.30. The Bertz CT molecular complexity index is 723. The first-order valence-corrected chi connectivity index (χ1v) is 10.2. The lowest BCUT2D eigenvalue weighted by Crippen LogP contribution is -2.50. The van der Waals surface area contributed by atoms with Crippen LogP contribution in [0.3, 0.4) is 0 Å². The van der Waals surface area contributed by atoms with Gasteiger partial charge in [0.15, 0.2) is 0 Å². The highest BCUT2D eigenvalue weighted by molar-refractivity contribution is 5.97. The zero-order chi connectivity index (χ0) is 20.0. The molecule has 1 unspecified atom stereocenters. The van der Waals surface area contributed by atoms with Crippen molar-refractivity contribution >= 4 is 11.8 Å². The first kappa shape index (κ1) is 20.4. The number of para-hydroxylation sites is 1. The molecule has 0 radical (unpaired) electrons. The van der Waals surface area contributed by atoms with E-state index in [9.17, 15) is 9.59 Å². The number of allylic oxidation sites excluding steroid dienone is 1. The van der Waals surface area contributed by atoms with Crippen LogP contribution in [0, 0.1) is 11.3 Å². The highest BCUT2D eigenvalue weighted by atomic mass is 16.5. The standard InChI is InChI=1S/C22H31N3O3/c1-16(2)13-17-14-24-20(26)18-7-3-4-8-19(18)28-12-6-5-9-22(21(27)25-17)10-11-23-15-22/h3-8,16-17,23H,9-15H2,1-2H3,(H,24,26)(H,25,27)/b6-5+/t17-,22?/m0/s1. The summed E-state index contributed by atoms with van der Waals surface area (Å²) in [6, 6.07) is 7.15. The van der Waals surface area contributed by atoms with E-state index in [1.807, 2.05) is 30.4 Å². The van der Waals surface area contributed by atoms with E-state index in [0.29, 0.717) is 43.3 Å². The van der Waals surface area contributed by atoms with Crippen molar-refractivity contribution in [2.45, 2.75) is 39.2 Å². The fourth-order valence-electron chi connectivity index (χ4n) is 3.91. The molecule has 6 nitrogen and oxygen atoms in total. The topological polar surface area (TPSA) is 79.5 Å². The van der Waals surface area contributed by atoms with Gasteiger partial charge in [-0.25, -0.2) is 0 Å². The van der Waals surface area contributed by atoms with E-state index >= 15 is 0 Å². The van der Waals surface area contributed by atoms with Crippen molar-refractivity contribution in [3.63, 3.8) is 0 Å². The maximum Gasteiger partial charge on any atom is 0.255 e. The molecule has 3 rings (SSSR count). The molecule has 1 spiro atoms. The van der Waals surface area contributed by atoms with Gasteiger partial charge in [0.2, 0.25) is 5.91 Å². The molecule has 152 valence electrons. The van der Waals surface area contributed by atoms with Gasteiger partial charge in [0, 0.05) is 19.1 Å². The van der Waals surface area contributed by atoms with Crippen LogP contribution in [-0.4, -0.2) is 44.1 Å². The van der Waals surface area contributed by atoms with Gasteiger partial charge in [-0.3, -0.25) is 9.59 Å². The SMILES string of the molecule is CC(C)C[C@H]1CNC(=O)c2ccccc2OC/C=C/CC2(CCNC2)C(=O)N1. The molecule has 3 N–H and O–H groups in total. The summed E-state index contributed by atoms with van der Waals surface area (Å²) in [6.45, 7) is 6.53. The Morgan fingerprint density at radius 1 is 1.21 bits per heavy atom. The Hall–Kier alpha value is -2.34. The molecule has 1 aromatic rings. The van der Waals surface area contributed by atoms with Crippen LogP contribution in [-0.2, 0) is 4.79 Å². The molecule has 1 saturated heterocycles. The van der Waals surface area contributed by atoms with E-state index in [1.165, 1.54) is 0 Å². The van der Waals surface area contributed by atoms with E-state index in [2.05, 4.69) is 29.8 Å². The van der Waals surface area contributed by atoms with E-state index in [-0.39, 0.29) is 17.9 Å². The van der Waals surface area contributed by atoms with Crippen LogP contribution >= 0.6 is 0 Å². The molecule has 2 atom stereocenters. The summed E-state index contributed by atoms with van der Waals surface area (Å²) in [5.41, 5.74) is 0.0802. The molecular formula is C22H31N3O3. The largest absolute Gasteiger partial charge is 0.489 e. The minimum absolute atomic E-state index is 0.0698. The van der Waals surface area contributed by atoms with Crippen molar-refractivity contribution in [1.29, 1.82) is 0 Å². The van der Waals surface area contributed by atoms with Crippen molar-refractivity contribution < 1.29 is 14.3 Å². The zero-order valence-corrected chi connectivity index (χ0v) is 16.8. The van der Waals surface area contributed by atoms with Crippen LogP contribution < -0.4 is 20.7 Å². The predicted octanol–water partition coefficient (Wildman–Crippen LogP) is 2.27. The highest BCUT2D eigenvalue weighted by Crippen LogP contribution is 2.31. The van der Waals surface area contributed by atoms with Gasteiger partial charge >= 0.3 is 0 Å². The summed E-state index contributed by atoms with van der Waals surface area (Å²) >= 11 is 0. The average Bonchev–Trinajstić information content (AvgIpc) is 3.15. The van der Waals surface area contributed by atoms with Crippen LogP contribution in [0.2, 0.25) is 0 Å². The maximum atomic E-state index is 13.2. The van der Waals surface area contributed by atoms with Gasteiger partial charge < -0.3 is 20.7 Å². The van der Waals surface area contributed by atoms with Crippen molar-refractivity contribution in [2.24, 2.45) is 11.3 Å². The molecule has 2 aliphatic rings. The fraction of sp³-hybridized carbons (Fsp3) is 0.545. The number of fused-ring (bicyclic) bond motifs is 1. The Morgan fingerprint density at radius 3 is 2.79 bits per heavy atom. The number of carbonyl (C=O) groups excluding carboxylic acids is 2. The van der Waals surface area contributed by atoms with E-state index < -0.39 is 5.41 Å². The van der Waals surface area contributed by atoms with Gasteiger partial charge in [0.1, 0.15) is 12.4 Å². The Balaban J connectivity index is 1.85. The van der Waals surface area contributed by atoms with E-state index in [1.54, 1.807) is 6.07 Å². The number of amides is 2. The molecule has 0 bridgehead atoms. The molecule has 6 heteroatoms. The third-order valence-corrected chi connectivity index (χ3v) is 5.47. The normalized spacial score (nSPS) is 27.5. The molecular weight excluding hydrogens is 354 g/mol. The minimum atomic E-state index is -0.433. The van der Waals surface area contributed by atoms with Crippen molar-refractivity contribution in [3.05, 3.63) is 42.0 Å². The van der Waals surface area contributed by atoms with Gasteiger partial charge in [0.05, 0.1) is 11.0 Å². The van der Waals surface area contributed by atoms with Gasteiger partial charge in [-0.2, -0.15) is 0 Å². The second-order valence-electron chi connectivity index (χ2n) is 8.20. The first-order valence-electron chi connectivity index (χ1n) is 10.2. The summed E-state index contributed by atoms with van der Waals surface area (Å²) in [4.78, 5) is 25.9. The number of carbonyl (C=O) groups is 2. The predicted molar refractivity (Wildman–Crippen MR) is 109 cm³/mol. The molecule has 0 aromatic heterocycles. The number of rotatable bonds is 2. The van der Waals surface area contributed by atoms with Gasteiger partial charge in [-0.05, 0) is 43.9 Å². The first-order chi connectivity index (χ1) is 13.5. The molecule has 28 heavy (non-hydrogen) atoms. The third kappa shape index (κ3) is 4.93. The number of ether oxygens (including phenoxy) is 1. The third-order valence-electron chi connectivity index (χ3n) is 5.47. The summed E-state index contributed by atoms with van der Waals surface area (Å²) in [5.74, 6) is 0.870. The molecule has 0 saturated carbocycles. The second kappa shape index (κ2) is 9.24. The quantitative estimate of drug-likeness (QED) is 0.683. The Morgan fingerprint density at radius 2 is 2.04 bits per heavy atom.